The zero-order valence-electron chi connectivity index (χ0n) is 16.0. The molecule has 3 aromatic rings. The minimum atomic E-state index is -0.0353. The van der Waals surface area contributed by atoms with Crippen LogP contribution in [0.1, 0.15) is 23.9 Å². The summed E-state index contributed by atoms with van der Waals surface area (Å²) in [6, 6.07) is 15.8. The Bertz CT molecular complexity index is 920. The second-order valence-corrected chi connectivity index (χ2v) is 6.74. The number of anilines is 1. The van der Waals surface area contributed by atoms with E-state index < -0.39 is 0 Å². The summed E-state index contributed by atoms with van der Waals surface area (Å²) < 4.78 is 5.76. The molecule has 27 heavy (non-hydrogen) atoms. The Hall–Kier alpha value is -2.99. The van der Waals surface area contributed by atoms with Crippen molar-refractivity contribution < 1.29 is 14.1 Å². The monoisotopic (exact) mass is 365 g/mol. The fourth-order valence-electron chi connectivity index (χ4n) is 2.96. The summed E-state index contributed by atoms with van der Waals surface area (Å²) in [6.45, 7) is 4.90. The van der Waals surface area contributed by atoms with Crippen LogP contribution in [0.3, 0.4) is 0 Å². The number of carbonyl (C=O) groups excluding carboxylic acids is 1. The van der Waals surface area contributed by atoms with Gasteiger partial charge in [-0.15, -0.1) is 10.2 Å². The third kappa shape index (κ3) is 5.01. The molecule has 2 N–H and O–H groups in total. The Kier molecular flexibility index (Phi) is 5.98. The van der Waals surface area contributed by atoms with Gasteiger partial charge in [0.05, 0.1) is 7.05 Å². The van der Waals surface area contributed by atoms with Gasteiger partial charge >= 0.3 is 0 Å². The van der Waals surface area contributed by atoms with Crippen molar-refractivity contribution in [3.8, 4) is 11.5 Å². The molecule has 2 aromatic carbocycles. The van der Waals surface area contributed by atoms with Crippen molar-refractivity contribution in [3.05, 3.63) is 65.5 Å². The van der Waals surface area contributed by atoms with Crippen molar-refractivity contribution in [3.63, 3.8) is 0 Å². The highest BCUT2D eigenvalue weighted by Crippen LogP contribution is 2.18. The molecule has 3 rings (SSSR count). The molecule has 0 spiro atoms. The lowest BCUT2D eigenvalue weighted by molar-refractivity contribution is -0.886. The average Bonchev–Trinajstić information content (AvgIpc) is 3.10. The van der Waals surface area contributed by atoms with Gasteiger partial charge in [0.1, 0.15) is 0 Å². The number of carbonyl (C=O) groups is 1. The fraction of sp³-hybridized carbons (Fsp3) is 0.286. The predicted molar refractivity (Wildman–Crippen MR) is 104 cm³/mol. The number of aromatic nitrogens is 2. The molecule has 140 valence electrons. The second kappa shape index (κ2) is 8.60. The number of rotatable bonds is 7. The van der Waals surface area contributed by atoms with Crippen molar-refractivity contribution in [1.29, 1.82) is 0 Å². The van der Waals surface area contributed by atoms with E-state index in [1.54, 1.807) is 0 Å². The molecule has 0 saturated carbocycles. The molecular formula is C21H25N4O2+. The summed E-state index contributed by atoms with van der Waals surface area (Å²) in [6.07, 6.45) is 0.878. The topological polar surface area (TPSA) is 72.5 Å². The van der Waals surface area contributed by atoms with Crippen molar-refractivity contribution in [2.24, 2.45) is 0 Å². The first-order valence-corrected chi connectivity index (χ1v) is 9.13. The van der Waals surface area contributed by atoms with E-state index in [4.69, 9.17) is 4.42 Å². The molecule has 0 bridgehead atoms. The lowest BCUT2D eigenvalue weighted by Crippen LogP contribution is -3.08. The number of para-hydroxylation sites is 1. The zero-order valence-corrected chi connectivity index (χ0v) is 16.0. The van der Waals surface area contributed by atoms with E-state index in [2.05, 4.69) is 22.4 Å². The summed E-state index contributed by atoms with van der Waals surface area (Å²) >= 11 is 0. The molecule has 0 aliphatic rings. The number of aryl methyl sites for hydroxylation is 2. The lowest BCUT2D eigenvalue weighted by atomic mass is 10.1. The first-order chi connectivity index (χ1) is 13.0. The molecule has 0 aliphatic heterocycles. The highest BCUT2D eigenvalue weighted by molar-refractivity contribution is 5.92. The van der Waals surface area contributed by atoms with E-state index in [0.29, 0.717) is 24.9 Å². The van der Waals surface area contributed by atoms with Crippen molar-refractivity contribution in [1.82, 2.24) is 10.2 Å². The molecule has 1 unspecified atom stereocenters. The molecule has 0 radical (unpaired) electrons. The number of nitrogens with zero attached hydrogens (tertiary/aromatic N) is 2. The highest BCUT2D eigenvalue weighted by Gasteiger charge is 2.16. The number of amides is 1. The first-order valence-electron chi connectivity index (χ1n) is 9.13. The van der Waals surface area contributed by atoms with Crippen LogP contribution in [-0.4, -0.2) is 29.7 Å². The molecule has 1 amide bonds. The Morgan fingerprint density at radius 1 is 1.15 bits per heavy atom. The number of hydrogen-bond acceptors (Lipinski definition) is 4. The largest absolute Gasteiger partial charge is 0.415 e. The van der Waals surface area contributed by atoms with Crippen LogP contribution in [0.25, 0.3) is 11.5 Å². The smallest absolute Gasteiger partial charge is 0.279 e. The second-order valence-electron chi connectivity index (χ2n) is 6.74. The fourth-order valence-corrected chi connectivity index (χ4v) is 2.96. The highest BCUT2D eigenvalue weighted by atomic mass is 16.4. The van der Waals surface area contributed by atoms with Gasteiger partial charge in [0.2, 0.25) is 5.89 Å². The number of hydrogen-bond donors (Lipinski definition) is 2. The van der Waals surface area contributed by atoms with Crippen molar-refractivity contribution >= 4 is 11.6 Å². The van der Waals surface area contributed by atoms with Gasteiger partial charge in [0.15, 0.2) is 13.1 Å². The van der Waals surface area contributed by atoms with Gasteiger partial charge in [0, 0.05) is 11.3 Å². The Labute approximate surface area is 159 Å². The van der Waals surface area contributed by atoms with Crippen LogP contribution in [0.15, 0.2) is 52.9 Å². The SMILES string of the molecule is CCc1ccccc1NC(=O)C[NH+](C)Cc1nnc(-c2cccc(C)c2)o1. The van der Waals surface area contributed by atoms with E-state index in [1.165, 1.54) is 0 Å². The van der Waals surface area contributed by atoms with E-state index in [0.717, 1.165) is 33.7 Å². The van der Waals surface area contributed by atoms with Crippen molar-refractivity contribution in [2.75, 3.05) is 18.9 Å². The summed E-state index contributed by atoms with van der Waals surface area (Å²) in [4.78, 5) is 13.3. The predicted octanol–water partition coefficient (Wildman–Crippen LogP) is 2.26. The lowest BCUT2D eigenvalue weighted by Gasteiger charge is -2.13. The van der Waals surface area contributed by atoms with Crippen LogP contribution in [0.4, 0.5) is 5.69 Å². The van der Waals surface area contributed by atoms with Crippen LogP contribution in [-0.2, 0) is 17.8 Å². The average molecular weight is 365 g/mol. The third-order valence-electron chi connectivity index (χ3n) is 4.32. The molecule has 6 nitrogen and oxygen atoms in total. The molecule has 6 heteroatoms. The maximum Gasteiger partial charge on any atom is 0.279 e. The van der Waals surface area contributed by atoms with E-state index >= 15 is 0 Å². The van der Waals surface area contributed by atoms with Gasteiger partial charge in [-0.05, 0) is 37.1 Å². The van der Waals surface area contributed by atoms with E-state index in [-0.39, 0.29) is 5.91 Å². The van der Waals surface area contributed by atoms with Gasteiger partial charge in [-0.2, -0.15) is 0 Å². The van der Waals surface area contributed by atoms with Crippen LogP contribution in [0.2, 0.25) is 0 Å². The first kappa shape index (κ1) is 18.8. The number of benzene rings is 2. The maximum atomic E-state index is 12.3. The number of quaternary nitrogens is 1. The standard InChI is InChI=1S/C21H24N4O2/c1-4-16-9-5-6-11-18(16)22-19(26)13-25(3)14-20-23-24-21(27-20)17-10-7-8-15(2)12-17/h5-12H,4,13-14H2,1-3H3,(H,22,26)/p+1. The molecule has 1 heterocycles. The summed E-state index contributed by atoms with van der Waals surface area (Å²) in [5.41, 5.74) is 4.04. The van der Waals surface area contributed by atoms with E-state index in [9.17, 15) is 4.79 Å². The van der Waals surface area contributed by atoms with Crippen LogP contribution >= 0.6 is 0 Å². The summed E-state index contributed by atoms with van der Waals surface area (Å²) in [5, 5.41) is 11.2. The van der Waals surface area contributed by atoms with Crippen LogP contribution in [0, 0.1) is 6.92 Å². The Balaban J connectivity index is 1.58. The van der Waals surface area contributed by atoms with Gasteiger partial charge in [-0.25, -0.2) is 0 Å². The zero-order chi connectivity index (χ0) is 19.2. The third-order valence-corrected chi connectivity index (χ3v) is 4.32. The molecule has 0 fully saturated rings. The molecule has 1 aromatic heterocycles. The summed E-state index contributed by atoms with van der Waals surface area (Å²) in [5.74, 6) is 0.986. The quantitative estimate of drug-likeness (QED) is 0.674. The molecule has 0 aliphatic carbocycles. The van der Waals surface area contributed by atoms with Gasteiger partial charge in [-0.1, -0.05) is 42.8 Å². The Morgan fingerprint density at radius 2 is 1.96 bits per heavy atom. The maximum absolute atomic E-state index is 12.3. The van der Waals surface area contributed by atoms with Gasteiger partial charge < -0.3 is 14.6 Å². The van der Waals surface area contributed by atoms with E-state index in [1.807, 2.05) is 62.5 Å². The minimum Gasteiger partial charge on any atom is -0.415 e. The van der Waals surface area contributed by atoms with Crippen LogP contribution in [0.5, 0.6) is 0 Å². The summed E-state index contributed by atoms with van der Waals surface area (Å²) in [7, 11) is 1.93. The Morgan fingerprint density at radius 3 is 2.74 bits per heavy atom. The molecular weight excluding hydrogens is 340 g/mol. The van der Waals surface area contributed by atoms with Gasteiger partial charge in [-0.3, -0.25) is 4.79 Å². The molecule has 0 saturated heterocycles. The van der Waals surface area contributed by atoms with Gasteiger partial charge in [0.25, 0.3) is 11.8 Å². The van der Waals surface area contributed by atoms with Crippen LogP contribution < -0.4 is 10.2 Å². The number of likely N-dealkylation sites (N-methyl/N-ethyl adjacent to an activating group) is 1. The van der Waals surface area contributed by atoms with Crippen molar-refractivity contribution in [2.45, 2.75) is 26.8 Å². The normalized spacial score (nSPS) is 12.0. The molecule has 1 atom stereocenters. The minimum absolute atomic E-state index is 0.0353. The number of nitrogens with one attached hydrogen (secondary N) is 2.